The summed E-state index contributed by atoms with van der Waals surface area (Å²) >= 11 is 7.31. The van der Waals surface area contributed by atoms with E-state index in [1.165, 1.54) is 5.56 Å². The van der Waals surface area contributed by atoms with E-state index in [1.54, 1.807) is 11.3 Å². The zero-order chi connectivity index (χ0) is 11.7. The molecule has 1 heterocycles. The van der Waals surface area contributed by atoms with Gasteiger partial charge in [0.25, 0.3) is 0 Å². The SMILES string of the molecule is Cc1cccc(C(O)c2sccc2Br)c1I. The van der Waals surface area contributed by atoms with Crippen LogP contribution in [0.3, 0.4) is 0 Å². The van der Waals surface area contributed by atoms with Crippen LogP contribution in [0, 0.1) is 10.5 Å². The maximum absolute atomic E-state index is 10.3. The third-order valence-electron chi connectivity index (χ3n) is 2.41. The molecule has 0 amide bonds. The van der Waals surface area contributed by atoms with E-state index in [2.05, 4.69) is 51.5 Å². The Labute approximate surface area is 121 Å². The van der Waals surface area contributed by atoms with Crippen LogP contribution in [-0.4, -0.2) is 5.11 Å². The molecular weight excluding hydrogens is 399 g/mol. The minimum absolute atomic E-state index is 0.541. The number of aryl methyl sites for hydroxylation is 1. The first kappa shape index (κ1) is 12.5. The molecule has 0 aliphatic heterocycles. The first-order valence-corrected chi connectivity index (χ1v) is 7.52. The molecule has 1 aromatic carbocycles. The van der Waals surface area contributed by atoms with Gasteiger partial charge in [-0.2, -0.15) is 0 Å². The van der Waals surface area contributed by atoms with E-state index in [0.717, 1.165) is 18.5 Å². The summed E-state index contributed by atoms with van der Waals surface area (Å²) in [7, 11) is 0. The Kier molecular flexibility index (Phi) is 4.05. The fourth-order valence-electron chi connectivity index (χ4n) is 1.52. The van der Waals surface area contributed by atoms with Crippen LogP contribution in [0.4, 0.5) is 0 Å². The van der Waals surface area contributed by atoms with E-state index in [9.17, 15) is 5.11 Å². The van der Waals surface area contributed by atoms with Crippen LogP contribution in [0.15, 0.2) is 34.1 Å². The molecule has 0 bridgehead atoms. The number of halogens is 2. The van der Waals surface area contributed by atoms with Crippen molar-refractivity contribution in [2.24, 2.45) is 0 Å². The Morgan fingerprint density at radius 2 is 2.12 bits per heavy atom. The van der Waals surface area contributed by atoms with Gasteiger partial charge in [-0.25, -0.2) is 0 Å². The Morgan fingerprint density at radius 1 is 1.38 bits per heavy atom. The fraction of sp³-hybridized carbons (Fsp3) is 0.167. The second-order valence-corrected chi connectivity index (χ2v) is 6.39. The highest BCUT2D eigenvalue weighted by atomic mass is 127. The van der Waals surface area contributed by atoms with Crippen molar-refractivity contribution in [1.29, 1.82) is 0 Å². The van der Waals surface area contributed by atoms with Gasteiger partial charge in [-0.1, -0.05) is 18.2 Å². The van der Waals surface area contributed by atoms with Gasteiger partial charge in [-0.05, 0) is 68.0 Å². The molecule has 0 saturated carbocycles. The maximum Gasteiger partial charge on any atom is 0.115 e. The fourth-order valence-corrected chi connectivity index (χ4v) is 3.77. The molecule has 16 heavy (non-hydrogen) atoms. The largest absolute Gasteiger partial charge is 0.383 e. The van der Waals surface area contributed by atoms with Gasteiger partial charge in [-0.3, -0.25) is 0 Å². The number of aliphatic hydroxyl groups excluding tert-OH is 1. The molecule has 0 aliphatic rings. The maximum atomic E-state index is 10.3. The van der Waals surface area contributed by atoms with E-state index < -0.39 is 6.10 Å². The average Bonchev–Trinajstić information content (AvgIpc) is 2.68. The lowest BCUT2D eigenvalue weighted by atomic mass is 10.1. The van der Waals surface area contributed by atoms with Gasteiger partial charge in [0.1, 0.15) is 6.10 Å². The number of thiophene rings is 1. The van der Waals surface area contributed by atoms with Crippen molar-refractivity contribution in [2.75, 3.05) is 0 Å². The van der Waals surface area contributed by atoms with E-state index in [-0.39, 0.29) is 0 Å². The summed E-state index contributed by atoms with van der Waals surface area (Å²) in [5, 5.41) is 12.3. The van der Waals surface area contributed by atoms with Crippen molar-refractivity contribution in [3.05, 3.63) is 53.7 Å². The summed E-state index contributed by atoms with van der Waals surface area (Å²) in [5.74, 6) is 0. The molecule has 2 aromatic rings. The number of aliphatic hydroxyl groups is 1. The molecule has 1 nitrogen and oxygen atoms in total. The summed E-state index contributed by atoms with van der Waals surface area (Å²) in [6, 6.07) is 7.98. The number of hydrogen-bond acceptors (Lipinski definition) is 2. The molecule has 2 rings (SSSR count). The third-order valence-corrected chi connectivity index (χ3v) is 5.81. The smallest absolute Gasteiger partial charge is 0.115 e. The summed E-state index contributed by atoms with van der Waals surface area (Å²) in [4.78, 5) is 0.962. The number of hydrogen-bond donors (Lipinski definition) is 1. The van der Waals surface area contributed by atoms with Gasteiger partial charge in [0.15, 0.2) is 0 Å². The zero-order valence-corrected chi connectivity index (χ0v) is 13.1. The molecule has 0 saturated heterocycles. The van der Waals surface area contributed by atoms with Crippen LogP contribution < -0.4 is 0 Å². The van der Waals surface area contributed by atoms with Gasteiger partial charge in [-0.15, -0.1) is 11.3 Å². The molecule has 4 heteroatoms. The van der Waals surface area contributed by atoms with E-state index >= 15 is 0 Å². The van der Waals surface area contributed by atoms with Crippen molar-refractivity contribution in [2.45, 2.75) is 13.0 Å². The van der Waals surface area contributed by atoms with Gasteiger partial charge in [0.2, 0.25) is 0 Å². The lowest BCUT2D eigenvalue weighted by molar-refractivity contribution is 0.222. The van der Waals surface area contributed by atoms with Gasteiger partial charge >= 0.3 is 0 Å². The Bertz CT molecular complexity index is 509. The molecular formula is C12H10BrIOS. The molecule has 0 spiro atoms. The van der Waals surface area contributed by atoms with Crippen molar-refractivity contribution in [3.8, 4) is 0 Å². The molecule has 0 radical (unpaired) electrons. The Hall–Kier alpha value is 0.0900. The molecule has 1 atom stereocenters. The highest BCUT2D eigenvalue weighted by molar-refractivity contribution is 14.1. The quantitative estimate of drug-likeness (QED) is 0.725. The normalized spacial score (nSPS) is 12.8. The molecule has 1 aromatic heterocycles. The summed E-state index contributed by atoms with van der Waals surface area (Å²) in [6.07, 6.45) is -0.541. The van der Waals surface area contributed by atoms with E-state index in [1.807, 2.05) is 23.6 Å². The predicted molar refractivity (Wildman–Crippen MR) is 80.0 cm³/mol. The van der Waals surface area contributed by atoms with Crippen LogP contribution in [0.2, 0.25) is 0 Å². The van der Waals surface area contributed by atoms with Crippen molar-refractivity contribution in [1.82, 2.24) is 0 Å². The topological polar surface area (TPSA) is 20.2 Å². The minimum atomic E-state index is -0.541. The first-order valence-electron chi connectivity index (χ1n) is 4.77. The molecule has 84 valence electrons. The Morgan fingerprint density at radius 3 is 2.75 bits per heavy atom. The number of rotatable bonds is 2. The van der Waals surface area contributed by atoms with Crippen LogP contribution in [0.25, 0.3) is 0 Å². The van der Waals surface area contributed by atoms with Crippen LogP contribution in [0.5, 0.6) is 0 Å². The lowest BCUT2D eigenvalue weighted by Crippen LogP contribution is -2.01. The van der Waals surface area contributed by atoms with E-state index in [4.69, 9.17) is 0 Å². The molecule has 0 fully saturated rings. The molecule has 0 aliphatic carbocycles. The highest BCUT2D eigenvalue weighted by Crippen LogP contribution is 2.35. The highest BCUT2D eigenvalue weighted by Gasteiger charge is 2.17. The van der Waals surface area contributed by atoms with Crippen LogP contribution in [-0.2, 0) is 0 Å². The minimum Gasteiger partial charge on any atom is -0.383 e. The second kappa shape index (κ2) is 5.16. The first-order chi connectivity index (χ1) is 7.61. The lowest BCUT2D eigenvalue weighted by Gasteiger charge is -2.13. The van der Waals surface area contributed by atoms with Crippen molar-refractivity contribution < 1.29 is 5.11 Å². The van der Waals surface area contributed by atoms with Crippen LogP contribution in [0.1, 0.15) is 22.1 Å². The Balaban J connectivity index is 2.46. The monoisotopic (exact) mass is 408 g/mol. The van der Waals surface area contributed by atoms with Gasteiger partial charge in [0, 0.05) is 8.04 Å². The van der Waals surface area contributed by atoms with Crippen molar-refractivity contribution >= 4 is 49.9 Å². The summed E-state index contributed by atoms with van der Waals surface area (Å²) in [6.45, 7) is 2.06. The van der Waals surface area contributed by atoms with Crippen LogP contribution >= 0.6 is 49.9 Å². The van der Waals surface area contributed by atoms with E-state index in [0.29, 0.717) is 0 Å². The molecule has 1 unspecified atom stereocenters. The standard InChI is InChI=1S/C12H10BrIOS/c1-7-3-2-4-8(10(7)14)11(15)12-9(13)5-6-16-12/h2-6,11,15H,1H3. The third kappa shape index (κ3) is 2.34. The molecule has 1 N–H and O–H groups in total. The average molecular weight is 409 g/mol. The second-order valence-electron chi connectivity index (χ2n) is 3.51. The predicted octanol–water partition coefficient (Wildman–Crippen LogP) is 4.51. The zero-order valence-electron chi connectivity index (χ0n) is 8.58. The summed E-state index contributed by atoms with van der Waals surface area (Å²) in [5.41, 5.74) is 2.17. The van der Waals surface area contributed by atoms with Crippen molar-refractivity contribution in [3.63, 3.8) is 0 Å². The summed E-state index contributed by atoms with van der Waals surface area (Å²) < 4.78 is 2.11. The van der Waals surface area contributed by atoms with Gasteiger partial charge in [0.05, 0.1) is 4.88 Å². The number of benzene rings is 1. The van der Waals surface area contributed by atoms with Gasteiger partial charge < -0.3 is 5.11 Å².